The molecule has 1 aliphatic heterocycles. The van der Waals surface area contributed by atoms with E-state index in [0.717, 1.165) is 5.57 Å². The Morgan fingerprint density at radius 3 is 2.81 bits per heavy atom. The van der Waals surface area contributed by atoms with Crippen LogP contribution in [0, 0.1) is 0 Å². The molecule has 0 bridgehead atoms. The van der Waals surface area contributed by atoms with Gasteiger partial charge in [0.25, 0.3) is 0 Å². The lowest BCUT2D eigenvalue weighted by Gasteiger charge is -2.26. The second kappa shape index (κ2) is 7.78. The smallest absolute Gasteiger partial charge is 0.308 e. The van der Waals surface area contributed by atoms with Crippen LogP contribution in [0.2, 0.25) is 0 Å². The van der Waals surface area contributed by atoms with Crippen LogP contribution >= 0.6 is 23.2 Å². The number of allylic oxidation sites excluding steroid dienone is 3. The molecule has 1 unspecified atom stereocenters. The first-order valence-corrected chi connectivity index (χ1v) is 8.98. The molecule has 0 saturated carbocycles. The number of carbonyl (C=O) groups excluding carboxylic acids is 1. The molecule has 3 rings (SSSR count). The quantitative estimate of drug-likeness (QED) is 0.444. The number of fused-ring (bicyclic) bond motifs is 1. The zero-order chi connectivity index (χ0) is 19.7. The molecule has 0 aromatic heterocycles. The fourth-order valence-electron chi connectivity index (χ4n) is 2.88. The third kappa shape index (κ3) is 3.89. The number of ether oxygens (including phenoxy) is 2. The number of hydrogen-bond acceptors (Lipinski definition) is 6. The Morgan fingerprint density at radius 2 is 2.15 bits per heavy atom. The van der Waals surface area contributed by atoms with Crippen LogP contribution in [-0.2, 0) is 4.79 Å². The minimum Gasteiger partial charge on any atom is -0.493 e. The second-order valence-electron chi connectivity index (χ2n) is 6.10. The number of benzene rings is 1. The molecule has 27 heavy (non-hydrogen) atoms. The molecule has 2 N–H and O–H groups in total. The minimum atomic E-state index is -0.600. The molecular formula is C18H18Cl2FN3O3. The highest BCUT2D eigenvalue weighted by molar-refractivity contribution is 6.38. The van der Waals surface area contributed by atoms with E-state index in [4.69, 9.17) is 32.7 Å². The number of hydrogen-bond donors (Lipinski definition) is 2. The van der Waals surface area contributed by atoms with Crippen LogP contribution in [0.4, 0.5) is 10.1 Å². The summed E-state index contributed by atoms with van der Waals surface area (Å²) in [4.78, 5) is 15.7. The maximum atomic E-state index is 14.6. The second-order valence-corrected chi connectivity index (χ2v) is 7.03. The van der Waals surface area contributed by atoms with E-state index in [9.17, 15) is 9.18 Å². The molecule has 0 spiro atoms. The average Bonchev–Trinajstić information content (AvgIpc) is 2.62. The van der Waals surface area contributed by atoms with E-state index in [2.05, 4.69) is 15.6 Å². The standard InChI is InChI=1S/C18H18Cl2FN3O3/c1-8-4-11(19)15(20)16(21)17(8)24-18-10-5-14(27-9(2)25)13(26-3)6-12(10)22-7-23-18/h5-6,11,22H,4,7H2,1-3H3,(H,23,24). The van der Waals surface area contributed by atoms with Crippen molar-refractivity contribution < 1.29 is 18.7 Å². The molecule has 0 saturated heterocycles. The topological polar surface area (TPSA) is 72.0 Å². The summed E-state index contributed by atoms with van der Waals surface area (Å²) in [5.41, 5.74) is 2.29. The summed E-state index contributed by atoms with van der Waals surface area (Å²) in [6.45, 7) is 3.36. The lowest BCUT2D eigenvalue weighted by atomic mass is 10.0. The molecule has 144 valence electrons. The van der Waals surface area contributed by atoms with Gasteiger partial charge in [0, 0.05) is 18.6 Å². The third-order valence-corrected chi connectivity index (χ3v) is 5.09. The maximum Gasteiger partial charge on any atom is 0.308 e. The Balaban J connectivity index is 2.00. The van der Waals surface area contributed by atoms with Crippen LogP contribution in [0.1, 0.15) is 25.8 Å². The van der Waals surface area contributed by atoms with Crippen molar-refractivity contribution in [2.75, 3.05) is 19.1 Å². The Morgan fingerprint density at radius 1 is 1.41 bits per heavy atom. The number of esters is 1. The van der Waals surface area contributed by atoms with Gasteiger partial charge in [-0.25, -0.2) is 9.38 Å². The van der Waals surface area contributed by atoms with Gasteiger partial charge in [0.05, 0.1) is 28.9 Å². The normalized spacial score (nSPS) is 19.2. The Hall–Kier alpha value is -2.25. The van der Waals surface area contributed by atoms with Gasteiger partial charge in [-0.2, -0.15) is 0 Å². The zero-order valence-corrected chi connectivity index (χ0v) is 16.5. The van der Waals surface area contributed by atoms with E-state index in [1.165, 1.54) is 14.0 Å². The van der Waals surface area contributed by atoms with Crippen molar-refractivity contribution >= 4 is 40.7 Å². The van der Waals surface area contributed by atoms with Crippen molar-refractivity contribution in [2.24, 2.45) is 4.99 Å². The first-order valence-electron chi connectivity index (χ1n) is 8.17. The monoisotopic (exact) mass is 413 g/mol. The van der Waals surface area contributed by atoms with Crippen LogP contribution < -0.4 is 20.1 Å². The molecule has 1 heterocycles. The number of aliphatic imine (C=N–C) groups is 1. The van der Waals surface area contributed by atoms with E-state index in [0.29, 0.717) is 29.3 Å². The van der Waals surface area contributed by atoms with Crippen LogP contribution in [0.25, 0.3) is 0 Å². The predicted octanol–water partition coefficient (Wildman–Crippen LogP) is 4.04. The fourth-order valence-corrected chi connectivity index (χ4v) is 3.38. The van der Waals surface area contributed by atoms with Gasteiger partial charge in [-0.3, -0.25) is 4.79 Å². The van der Waals surface area contributed by atoms with Crippen molar-refractivity contribution in [2.45, 2.75) is 25.6 Å². The van der Waals surface area contributed by atoms with E-state index < -0.39 is 17.2 Å². The van der Waals surface area contributed by atoms with Gasteiger partial charge in [-0.1, -0.05) is 11.6 Å². The summed E-state index contributed by atoms with van der Waals surface area (Å²) < 4.78 is 25.1. The fraction of sp³-hybridized carbons (Fsp3) is 0.333. The van der Waals surface area contributed by atoms with Crippen LogP contribution in [0.3, 0.4) is 0 Å². The molecule has 0 amide bonds. The van der Waals surface area contributed by atoms with Gasteiger partial charge >= 0.3 is 5.97 Å². The number of nitrogens with zero attached hydrogens (tertiary/aromatic N) is 1. The first kappa shape index (κ1) is 19.5. The number of halogens is 3. The lowest BCUT2D eigenvalue weighted by molar-refractivity contribution is -0.132. The predicted molar refractivity (Wildman–Crippen MR) is 103 cm³/mol. The van der Waals surface area contributed by atoms with Crippen molar-refractivity contribution in [1.82, 2.24) is 5.32 Å². The number of alkyl halides is 1. The zero-order valence-electron chi connectivity index (χ0n) is 15.0. The van der Waals surface area contributed by atoms with Crippen molar-refractivity contribution in [1.29, 1.82) is 0 Å². The largest absolute Gasteiger partial charge is 0.493 e. The molecule has 9 heteroatoms. The summed E-state index contributed by atoms with van der Waals surface area (Å²) in [7, 11) is 1.48. The van der Waals surface area contributed by atoms with Crippen LogP contribution in [0.15, 0.2) is 39.3 Å². The molecule has 1 aliphatic carbocycles. The van der Waals surface area contributed by atoms with Crippen molar-refractivity contribution in [3.05, 3.63) is 39.8 Å². The van der Waals surface area contributed by atoms with Gasteiger partial charge in [0.1, 0.15) is 12.5 Å². The number of carbonyl (C=O) groups is 1. The number of methoxy groups -OCH3 is 1. The highest BCUT2D eigenvalue weighted by atomic mass is 35.5. The number of nitrogens with one attached hydrogen (secondary N) is 2. The third-order valence-electron chi connectivity index (χ3n) is 4.18. The van der Waals surface area contributed by atoms with Gasteiger partial charge < -0.3 is 20.1 Å². The van der Waals surface area contributed by atoms with E-state index in [1.54, 1.807) is 19.1 Å². The van der Waals surface area contributed by atoms with E-state index in [-0.39, 0.29) is 23.1 Å². The Bertz CT molecular complexity index is 896. The minimum absolute atomic E-state index is 0.0325. The van der Waals surface area contributed by atoms with Gasteiger partial charge in [0.15, 0.2) is 17.3 Å². The van der Waals surface area contributed by atoms with E-state index >= 15 is 0 Å². The summed E-state index contributed by atoms with van der Waals surface area (Å²) in [5.74, 6) is -0.0297. The Labute approximate surface area is 166 Å². The molecular weight excluding hydrogens is 396 g/mol. The average molecular weight is 414 g/mol. The number of rotatable bonds is 3. The van der Waals surface area contributed by atoms with Crippen molar-refractivity contribution in [3.8, 4) is 11.5 Å². The van der Waals surface area contributed by atoms with E-state index in [1.807, 2.05) is 0 Å². The highest BCUT2D eigenvalue weighted by Gasteiger charge is 2.28. The summed E-state index contributed by atoms with van der Waals surface area (Å²) in [6, 6.07) is 3.31. The Kier molecular flexibility index (Phi) is 5.62. The van der Waals surface area contributed by atoms with Gasteiger partial charge in [0.2, 0.25) is 0 Å². The molecule has 0 radical (unpaired) electrons. The number of anilines is 1. The molecule has 1 atom stereocenters. The molecule has 6 nitrogen and oxygen atoms in total. The maximum absolute atomic E-state index is 14.6. The first-order chi connectivity index (χ1) is 12.8. The SMILES string of the molecule is COc1cc2c(cc1OC(C)=O)C(NC1=C(C)CC(Cl)C(Cl)=C1F)=NCN2. The summed E-state index contributed by atoms with van der Waals surface area (Å²) in [5, 5.41) is 5.50. The van der Waals surface area contributed by atoms with Gasteiger partial charge in [-0.05, 0) is 25.0 Å². The molecule has 0 fully saturated rings. The molecule has 2 aliphatic rings. The molecule has 1 aromatic rings. The van der Waals surface area contributed by atoms with Crippen LogP contribution in [-0.4, -0.2) is 31.0 Å². The number of amidine groups is 1. The molecule has 1 aromatic carbocycles. The van der Waals surface area contributed by atoms with Crippen LogP contribution in [0.5, 0.6) is 11.5 Å². The highest BCUT2D eigenvalue weighted by Crippen LogP contribution is 2.37. The summed E-state index contributed by atoms with van der Waals surface area (Å²) >= 11 is 12.0. The summed E-state index contributed by atoms with van der Waals surface area (Å²) in [6.07, 6.45) is 0.426. The van der Waals surface area contributed by atoms with Crippen molar-refractivity contribution in [3.63, 3.8) is 0 Å². The van der Waals surface area contributed by atoms with Gasteiger partial charge in [-0.15, -0.1) is 11.6 Å². The lowest BCUT2D eigenvalue weighted by Crippen LogP contribution is -2.31.